The van der Waals surface area contributed by atoms with Crippen molar-refractivity contribution in [2.75, 3.05) is 7.11 Å². The molecular formula is C23H17NO2. The molecule has 0 aliphatic heterocycles. The summed E-state index contributed by atoms with van der Waals surface area (Å²) in [7, 11) is 1.67. The lowest BCUT2D eigenvalue weighted by Crippen LogP contribution is -1.87. The van der Waals surface area contributed by atoms with Gasteiger partial charge < -0.3 is 14.8 Å². The van der Waals surface area contributed by atoms with Crippen molar-refractivity contribution in [3.8, 4) is 22.6 Å². The van der Waals surface area contributed by atoms with Gasteiger partial charge in [0.1, 0.15) is 11.5 Å². The lowest BCUT2D eigenvalue weighted by atomic mass is 9.95. The molecule has 4 aromatic carbocycles. The van der Waals surface area contributed by atoms with Crippen LogP contribution in [0.5, 0.6) is 11.5 Å². The number of aromatic nitrogens is 1. The van der Waals surface area contributed by atoms with Gasteiger partial charge in [-0.15, -0.1) is 0 Å². The Balaban J connectivity index is 1.89. The molecule has 3 heteroatoms. The zero-order valence-corrected chi connectivity index (χ0v) is 14.3. The van der Waals surface area contributed by atoms with Gasteiger partial charge in [-0.2, -0.15) is 0 Å². The number of H-pyrrole nitrogens is 1. The van der Waals surface area contributed by atoms with Crippen LogP contribution in [0.15, 0.2) is 72.9 Å². The van der Waals surface area contributed by atoms with Crippen molar-refractivity contribution in [1.29, 1.82) is 0 Å². The third-order valence-electron chi connectivity index (χ3n) is 5.07. The second-order valence-corrected chi connectivity index (χ2v) is 6.43. The predicted molar refractivity (Wildman–Crippen MR) is 107 cm³/mol. The summed E-state index contributed by atoms with van der Waals surface area (Å²) in [5.41, 5.74) is 2.89. The molecule has 0 aliphatic carbocycles. The summed E-state index contributed by atoms with van der Waals surface area (Å²) < 4.78 is 5.50. The smallest absolute Gasteiger partial charge is 0.126 e. The maximum atomic E-state index is 10.7. The number of benzene rings is 4. The van der Waals surface area contributed by atoms with E-state index in [-0.39, 0.29) is 5.75 Å². The van der Waals surface area contributed by atoms with Crippen molar-refractivity contribution in [3.63, 3.8) is 0 Å². The lowest BCUT2D eigenvalue weighted by Gasteiger charge is -2.11. The van der Waals surface area contributed by atoms with Crippen molar-refractivity contribution in [1.82, 2.24) is 4.98 Å². The van der Waals surface area contributed by atoms with Gasteiger partial charge in [0, 0.05) is 33.5 Å². The first-order valence-corrected chi connectivity index (χ1v) is 8.56. The fourth-order valence-electron chi connectivity index (χ4n) is 3.86. The molecule has 0 aliphatic rings. The molecule has 3 nitrogen and oxygen atoms in total. The van der Waals surface area contributed by atoms with Gasteiger partial charge in [-0.1, -0.05) is 48.5 Å². The van der Waals surface area contributed by atoms with Gasteiger partial charge in [0.25, 0.3) is 0 Å². The first-order valence-electron chi connectivity index (χ1n) is 8.56. The Bertz CT molecular complexity index is 1280. The molecule has 0 radical (unpaired) electrons. The number of rotatable bonds is 2. The highest BCUT2D eigenvalue weighted by atomic mass is 16.5. The molecule has 0 saturated carbocycles. The van der Waals surface area contributed by atoms with E-state index in [1.54, 1.807) is 13.2 Å². The zero-order valence-electron chi connectivity index (χ0n) is 14.3. The Morgan fingerprint density at radius 2 is 1.58 bits per heavy atom. The van der Waals surface area contributed by atoms with Crippen LogP contribution in [-0.2, 0) is 0 Å². The molecule has 5 aromatic rings. The third kappa shape index (κ3) is 2.01. The lowest BCUT2D eigenvalue weighted by molar-refractivity contribution is 0.419. The van der Waals surface area contributed by atoms with E-state index in [2.05, 4.69) is 29.2 Å². The van der Waals surface area contributed by atoms with E-state index < -0.39 is 0 Å². The number of methoxy groups -OCH3 is 1. The average Bonchev–Trinajstić information content (AvgIpc) is 3.11. The first-order chi connectivity index (χ1) is 12.8. The Kier molecular flexibility index (Phi) is 3.16. The second kappa shape index (κ2) is 5.53. The molecule has 1 aromatic heterocycles. The number of hydrogen-bond donors (Lipinski definition) is 2. The minimum absolute atomic E-state index is 0.264. The summed E-state index contributed by atoms with van der Waals surface area (Å²) in [6.07, 6.45) is 1.98. The Hall–Kier alpha value is -3.46. The van der Waals surface area contributed by atoms with E-state index in [4.69, 9.17) is 4.74 Å². The number of fused-ring (bicyclic) bond motifs is 4. The monoisotopic (exact) mass is 339 g/mol. The summed E-state index contributed by atoms with van der Waals surface area (Å²) >= 11 is 0. The molecule has 0 spiro atoms. The van der Waals surface area contributed by atoms with Gasteiger partial charge in [-0.3, -0.25) is 0 Å². The number of phenolic OH excluding ortho intramolecular Hbond substituents is 1. The van der Waals surface area contributed by atoms with Crippen LogP contribution < -0.4 is 4.74 Å². The van der Waals surface area contributed by atoms with Crippen LogP contribution in [0.4, 0.5) is 0 Å². The van der Waals surface area contributed by atoms with Gasteiger partial charge in [-0.25, -0.2) is 0 Å². The number of phenols is 1. The predicted octanol–water partition coefficient (Wildman–Crippen LogP) is 5.86. The Morgan fingerprint density at radius 1 is 0.769 bits per heavy atom. The van der Waals surface area contributed by atoms with E-state index in [1.807, 2.05) is 42.6 Å². The molecule has 126 valence electrons. The molecule has 0 atom stereocenters. The van der Waals surface area contributed by atoms with E-state index in [9.17, 15) is 5.11 Å². The zero-order chi connectivity index (χ0) is 17.7. The highest BCUT2D eigenvalue weighted by molar-refractivity contribution is 6.14. The van der Waals surface area contributed by atoms with Crippen LogP contribution in [0.1, 0.15) is 0 Å². The van der Waals surface area contributed by atoms with E-state index in [1.165, 1.54) is 10.8 Å². The Labute approximate surface area is 150 Å². The molecule has 1 heterocycles. The van der Waals surface area contributed by atoms with Crippen molar-refractivity contribution in [2.45, 2.75) is 0 Å². The minimum atomic E-state index is 0.264. The molecule has 0 unspecified atom stereocenters. The standard InChI is InChI=1S/C23H17NO2/c1-26-21-8-4-7-17-16(21)11-12-20(25)22(17)19-13-24-23-15-6-3-2-5-14(15)9-10-18(19)23/h2-13,24-25H,1H3. The van der Waals surface area contributed by atoms with Gasteiger partial charge in [0.2, 0.25) is 0 Å². The van der Waals surface area contributed by atoms with Crippen LogP contribution in [0.25, 0.3) is 43.6 Å². The number of ether oxygens (including phenoxy) is 1. The quantitative estimate of drug-likeness (QED) is 0.423. The van der Waals surface area contributed by atoms with E-state index >= 15 is 0 Å². The van der Waals surface area contributed by atoms with Crippen LogP contribution in [0, 0.1) is 0 Å². The van der Waals surface area contributed by atoms with Gasteiger partial charge in [-0.05, 0) is 29.0 Å². The van der Waals surface area contributed by atoms with Crippen LogP contribution in [0.2, 0.25) is 0 Å². The van der Waals surface area contributed by atoms with Crippen molar-refractivity contribution < 1.29 is 9.84 Å². The van der Waals surface area contributed by atoms with Crippen LogP contribution in [0.3, 0.4) is 0 Å². The summed E-state index contributed by atoms with van der Waals surface area (Å²) in [6, 6.07) is 22.1. The highest BCUT2D eigenvalue weighted by Crippen LogP contribution is 2.43. The maximum Gasteiger partial charge on any atom is 0.126 e. The highest BCUT2D eigenvalue weighted by Gasteiger charge is 2.16. The van der Waals surface area contributed by atoms with Crippen molar-refractivity contribution in [2.24, 2.45) is 0 Å². The molecule has 0 fully saturated rings. The first kappa shape index (κ1) is 14.8. The van der Waals surface area contributed by atoms with Crippen molar-refractivity contribution >= 4 is 32.4 Å². The summed E-state index contributed by atoms with van der Waals surface area (Å²) in [6.45, 7) is 0. The molecular weight excluding hydrogens is 322 g/mol. The molecule has 0 saturated heterocycles. The number of aromatic hydroxyl groups is 1. The summed E-state index contributed by atoms with van der Waals surface area (Å²) in [4.78, 5) is 3.41. The van der Waals surface area contributed by atoms with Gasteiger partial charge in [0.15, 0.2) is 0 Å². The summed E-state index contributed by atoms with van der Waals surface area (Å²) in [5, 5.41) is 16.1. The fourth-order valence-corrected chi connectivity index (χ4v) is 3.86. The molecule has 5 rings (SSSR count). The Morgan fingerprint density at radius 3 is 2.46 bits per heavy atom. The summed E-state index contributed by atoms with van der Waals surface area (Å²) in [5.74, 6) is 1.06. The normalized spacial score (nSPS) is 11.4. The van der Waals surface area contributed by atoms with Gasteiger partial charge >= 0.3 is 0 Å². The number of hydrogen-bond acceptors (Lipinski definition) is 2. The van der Waals surface area contributed by atoms with Gasteiger partial charge in [0.05, 0.1) is 12.6 Å². The van der Waals surface area contributed by atoms with Crippen molar-refractivity contribution in [3.05, 3.63) is 72.9 Å². The average molecular weight is 339 g/mol. The largest absolute Gasteiger partial charge is 0.507 e. The van der Waals surface area contributed by atoms with Crippen LogP contribution in [-0.4, -0.2) is 17.2 Å². The maximum absolute atomic E-state index is 10.7. The van der Waals surface area contributed by atoms with E-state index in [0.29, 0.717) is 0 Å². The third-order valence-corrected chi connectivity index (χ3v) is 5.07. The minimum Gasteiger partial charge on any atom is -0.507 e. The molecule has 0 amide bonds. The molecule has 2 N–H and O–H groups in total. The molecule has 26 heavy (non-hydrogen) atoms. The SMILES string of the molecule is COc1cccc2c(-c3c[nH]c4c3ccc3ccccc34)c(O)ccc12. The second-order valence-electron chi connectivity index (χ2n) is 6.43. The van der Waals surface area contributed by atoms with E-state index in [0.717, 1.165) is 38.6 Å². The van der Waals surface area contributed by atoms with Crippen LogP contribution >= 0.6 is 0 Å². The molecule has 0 bridgehead atoms. The number of nitrogens with one attached hydrogen (secondary N) is 1. The topological polar surface area (TPSA) is 45.2 Å². The number of aromatic amines is 1. The fraction of sp³-hybridized carbons (Fsp3) is 0.0435.